The number of pyridine rings is 1. The van der Waals surface area contributed by atoms with Crippen LogP contribution >= 0.6 is 31.9 Å². The lowest BCUT2D eigenvalue weighted by molar-refractivity contribution is 0.149. The van der Waals surface area contributed by atoms with Crippen LogP contribution in [0.1, 0.15) is 23.2 Å². The van der Waals surface area contributed by atoms with Crippen molar-refractivity contribution in [1.82, 2.24) is 4.98 Å². The normalized spacial score (nSPS) is 10.3. The largest absolute Gasteiger partial charge is 0.265 e. The number of aromatic nitrogens is 1. The average Bonchev–Trinajstić information content (AvgIpc) is 2.16. The van der Waals surface area contributed by atoms with Gasteiger partial charge in [-0.05, 0) is 15.9 Å². The molecule has 0 spiro atoms. The van der Waals surface area contributed by atoms with E-state index in [4.69, 9.17) is 5.26 Å². The Morgan fingerprint density at radius 3 is 2.64 bits per heavy atom. The van der Waals surface area contributed by atoms with Crippen LogP contribution in [0.4, 0.5) is 8.78 Å². The fourth-order valence-corrected chi connectivity index (χ4v) is 2.09. The Labute approximate surface area is 96.2 Å². The molecule has 1 aromatic rings. The highest BCUT2D eigenvalue weighted by atomic mass is 79.9. The van der Waals surface area contributed by atoms with E-state index in [2.05, 4.69) is 36.8 Å². The Kier molecular flexibility index (Phi) is 3.96. The first kappa shape index (κ1) is 11.5. The lowest BCUT2D eigenvalue weighted by Gasteiger charge is -2.09. The number of alkyl halides is 3. The Balaban J connectivity index is 3.45. The maximum Gasteiger partial charge on any atom is 0.265 e. The van der Waals surface area contributed by atoms with Crippen molar-refractivity contribution in [3.8, 4) is 6.07 Å². The Morgan fingerprint density at radius 1 is 1.57 bits per heavy atom. The highest BCUT2D eigenvalue weighted by molar-refractivity contribution is 9.10. The Bertz CT molecular complexity index is 388. The molecule has 1 rings (SSSR count). The SMILES string of the molecule is N#Cc1ncc(Br)c(C(F)F)c1CBr. The van der Waals surface area contributed by atoms with Gasteiger partial charge in [0.1, 0.15) is 11.8 Å². The van der Waals surface area contributed by atoms with E-state index in [1.807, 2.05) is 0 Å². The van der Waals surface area contributed by atoms with E-state index in [9.17, 15) is 8.78 Å². The number of nitriles is 1. The van der Waals surface area contributed by atoms with Crippen LogP contribution in [0, 0.1) is 11.3 Å². The van der Waals surface area contributed by atoms with Gasteiger partial charge < -0.3 is 0 Å². The van der Waals surface area contributed by atoms with Crippen LogP contribution in [0.25, 0.3) is 0 Å². The van der Waals surface area contributed by atoms with Crippen molar-refractivity contribution in [3.63, 3.8) is 0 Å². The van der Waals surface area contributed by atoms with Crippen LogP contribution in [0.3, 0.4) is 0 Å². The summed E-state index contributed by atoms with van der Waals surface area (Å²) in [5, 5.41) is 8.84. The topological polar surface area (TPSA) is 36.7 Å². The molecule has 0 radical (unpaired) electrons. The highest BCUT2D eigenvalue weighted by Crippen LogP contribution is 2.32. The summed E-state index contributed by atoms with van der Waals surface area (Å²) in [5.41, 5.74) is 0.0886. The van der Waals surface area contributed by atoms with Crippen molar-refractivity contribution in [3.05, 3.63) is 27.5 Å². The van der Waals surface area contributed by atoms with Crippen molar-refractivity contribution in [2.45, 2.75) is 11.8 Å². The molecule has 14 heavy (non-hydrogen) atoms. The summed E-state index contributed by atoms with van der Waals surface area (Å²) in [5.74, 6) is 0. The van der Waals surface area contributed by atoms with Gasteiger partial charge in [0.25, 0.3) is 6.43 Å². The van der Waals surface area contributed by atoms with Gasteiger partial charge in [-0.25, -0.2) is 13.8 Å². The zero-order valence-corrected chi connectivity index (χ0v) is 9.94. The van der Waals surface area contributed by atoms with E-state index in [1.54, 1.807) is 6.07 Å². The number of nitrogens with zero attached hydrogens (tertiary/aromatic N) is 2. The summed E-state index contributed by atoms with van der Waals surface area (Å²) in [7, 11) is 0. The lowest BCUT2D eigenvalue weighted by Crippen LogP contribution is -2.00. The molecule has 0 amide bonds. The van der Waals surface area contributed by atoms with Gasteiger partial charge in [-0.1, -0.05) is 15.9 Å². The van der Waals surface area contributed by atoms with E-state index >= 15 is 0 Å². The molecule has 0 aliphatic rings. The monoisotopic (exact) mass is 324 g/mol. The smallest absolute Gasteiger partial charge is 0.244 e. The van der Waals surface area contributed by atoms with Gasteiger partial charge in [0, 0.05) is 27.1 Å². The molecule has 0 aliphatic heterocycles. The highest BCUT2D eigenvalue weighted by Gasteiger charge is 2.19. The van der Waals surface area contributed by atoms with Gasteiger partial charge in [-0.2, -0.15) is 5.26 Å². The molecular formula is C8H4Br2F2N2. The molecule has 0 N–H and O–H groups in total. The van der Waals surface area contributed by atoms with Crippen LogP contribution in [0.5, 0.6) is 0 Å². The van der Waals surface area contributed by atoms with Gasteiger partial charge in [0.15, 0.2) is 0 Å². The van der Waals surface area contributed by atoms with Gasteiger partial charge in [-0.15, -0.1) is 0 Å². The minimum Gasteiger partial charge on any atom is -0.244 e. The van der Waals surface area contributed by atoms with Crippen molar-refractivity contribution in [1.29, 1.82) is 5.26 Å². The van der Waals surface area contributed by atoms with Gasteiger partial charge in [0.05, 0.1) is 0 Å². The quantitative estimate of drug-likeness (QED) is 0.780. The summed E-state index contributed by atoms with van der Waals surface area (Å²) >= 11 is 6.04. The van der Waals surface area contributed by atoms with Gasteiger partial charge >= 0.3 is 0 Å². The number of hydrogen-bond donors (Lipinski definition) is 0. The van der Waals surface area contributed by atoms with Gasteiger partial charge in [0.2, 0.25) is 0 Å². The Morgan fingerprint density at radius 2 is 2.21 bits per heavy atom. The summed E-state index contributed by atoms with van der Waals surface area (Å²) < 4.78 is 25.4. The first-order valence-corrected chi connectivity index (χ1v) is 5.44. The molecule has 0 aliphatic carbocycles. The van der Waals surface area contributed by atoms with Crippen LogP contribution in [0.15, 0.2) is 10.7 Å². The van der Waals surface area contributed by atoms with Crippen molar-refractivity contribution >= 4 is 31.9 Å². The second-order valence-corrected chi connectivity index (χ2v) is 3.81. The minimum atomic E-state index is -2.62. The molecule has 0 unspecified atom stereocenters. The Hall–Kier alpha value is -0.540. The van der Waals surface area contributed by atoms with E-state index in [1.165, 1.54) is 6.20 Å². The number of rotatable bonds is 2. The van der Waals surface area contributed by atoms with E-state index in [-0.39, 0.29) is 26.6 Å². The molecule has 6 heteroatoms. The second kappa shape index (κ2) is 4.80. The van der Waals surface area contributed by atoms with Crippen molar-refractivity contribution in [2.24, 2.45) is 0 Å². The molecule has 0 saturated heterocycles. The zero-order chi connectivity index (χ0) is 10.7. The zero-order valence-electron chi connectivity index (χ0n) is 6.77. The van der Waals surface area contributed by atoms with E-state index in [0.717, 1.165) is 0 Å². The lowest BCUT2D eigenvalue weighted by atomic mass is 10.1. The van der Waals surface area contributed by atoms with Crippen LogP contribution in [0.2, 0.25) is 0 Å². The summed E-state index contributed by atoms with van der Waals surface area (Å²) in [6.45, 7) is 0. The summed E-state index contributed by atoms with van der Waals surface area (Å²) in [4.78, 5) is 3.74. The predicted octanol–water partition coefficient (Wildman–Crippen LogP) is 3.55. The van der Waals surface area contributed by atoms with Gasteiger partial charge in [-0.3, -0.25) is 0 Å². The fraction of sp³-hybridized carbons (Fsp3) is 0.250. The van der Waals surface area contributed by atoms with Crippen molar-refractivity contribution < 1.29 is 8.78 Å². The molecule has 0 aromatic carbocycles. The number of hydrogen-bond acceptors (Lipinski definition) is 2. The van der Waals surface area contributed by atoms with Crippen LogP contribution < -0.4 is 0 Å². The fourth-order valence-electron chi connectivity index (χ4n) is 1.01. The van der Waals surface area contributed by atoms with Crippen LogP contribution in [-0.4, -0.2) is 4.98 Å². The standard InChI is InChI=1S/C8H4Br2F2N2/c9-1-4-6(2-13)14-3-5(10)7(4)8(11)12/h3,8H,1H2. The molecular weight excluding hydrogens is 322 g/mol. The molecule has 2 nitrogen and oxygen atoms in total. The van der Waals surface area contributed by atoms with Crippen LogP contribution in [-0.2, 0) is 5.33 Å². The predicted molar refractivity (Wildman–Crippen MR) is 54.2 cm³/mol. The molecule has 1 heterocycles. The van der Waals surface area contributed by atoms with Crippen molar-refractivity contribution in [2.75, 3.05) is 0 Å². The summed E-state index contributed by atoms with van der Waals surface area (Å²) in [6, 6.07) is 1.77. The summed E-state index contributed by atoms with van der Waals surface area (Å²) in [6.07, 6.45) is -1.40. The third-order valence-electron chi connectivity index (χ3n) is 1.63. The maximum atomic E-state index is 12.6. The maximum absolute atomic E-state index is 12.6. The second-order valence-electron chi connectivity index (χ2n) is 2.39. The first-order valence-electron chi connectivity index (χ1n) is 3.53. The molecule has 0 saturated carbocycles. The molecule has 74 valence electrons. The first-order chi connectivity index (χ1) is 6.61. The molecule has 0 bridgehead atoms. The molecule has 1 aromatic heterocycles. The number of halogens is 4. The van der Waals surface area contributed by atoms with E-state index < -0.39 is 6.43 Å². The minimum absolute atomic E-state index is 0.0281. The third kappa shape index (κ3) is 2.10. The molecule has 0 atom stereocenters. The molecule has 0 fully saturated rings. The average molecular weight is 326 g/mol. The van der Waals surface area contributed by atoms with E-state index in [0.29, 0.717) is 0 Å². The third-order valence-corrected chi connectivity index (χ3v) is 2.83.